The highest BCUT2D eigenvalue weighted by atomic mass is 32.1. The summed E-state index contributed by atoms with van der Waals surface area (Å²) in [6.07, 6.45) is 0.291. The molecule has 2 atom stereocenters. The molecule has 0 aromatic heterocycles. The zero-order chi connectivity index (χ0) is 10.1. The molecule has 0 aliphatic rings. The van der Waals surface area contributed by atoms with Gasteiger partial charge in [-0.3, -0.25) is 0 Å². The van der Waals surface area contributed by atoms with Crippen molar-refractivity contribution in [3.8, 4) is 0 Å². The average molecular weight is 226 g/mol. The molecule has 3 nitrogen and oxygen atoms in total. The molecule has 0 radical (unpaired) electrons. The molecule has 2 N–H and O–H groups in total. The molecule has 0 rings (SSSR count). The summed E-state index contributed by atoms with van der Waals surface area (Å²) in [5.41, 5.74) is 0. The van der Waals surface area contributed by atoms with Crippen LogP contribution in [-0.4, -0.2) is 47.1 Å². The van der Waals surface area contributed by atoms with Crippen LogP contribution in [-0.2, 0) is 4.74 Å². The van der Waals surface area contributed by atoms with Crippen LogP contribution in [0.4, 0.5) is 0 Å². The lowest BCUT2D eigenvalue weighted by Crippen LogP contribution is -2.22. The predicted molar refractivity (Wildman–Crippen MR) is 59.8 cm³/mol. The maximum Gasteiger partial charge on any atom is 0.0781 e. The molecule has 0 bridgehead atoms. The van der Waals surface area contributed by atoms with Gasteiger partial charge in [0.1, 0.15) is 0 Å². The van der Waals surface area contributed by atoms with Gasteiger partial charge in [-0.1, -0.05) is 0 Å². The molecule has 2 unspecified atom stereocenters. The summed E-state index contributed by atoms with van der Waals surface area (Å²) in [4.78, 5) is 0. The Bertz CT molecular complexity index is 102. The number of rotatable bonds is 8. The first kappa shape index (κ1) is 13.6. The first-order chi connectivity index (χ1) is 6.20. The van der Waals surface area contributed by atoms with Gasteiger partial charge in [0.15, 0.2) is 0 Å². The third-order valence-electron chi connectivity index (χ3n) is 1.55. The highest BCUT2D eigenvalue weighted by Gasteiger charge is 2.06. The minimum Gasteiger partial charge on any atom is -0.391 e. The molecule has 0 aromatic carbocycles. The Morgan fingerprint density at radius 3 is 1.62 bits per heavy atom. The van der Waals surface area contributed by atoms with Crippen LogP contribution in [0.5, 0.6) is 0 Å². The molecule has 0 aliphatic carbocycles. The second-order valence-corrected chi connectivity index (χ2v) is 3.76. The first-order valence-electron chi connectivity index (χ1n) is 4.36. The van der Waals surface area contributed by atoms with Gasteiger partial charge in [-0.25, -0.2) is 0 Å². The quantitative estimate of drug-likeness (QED) is 0.452. The van der Waals surface area contributed by atoms with Crippen LogP contribution in [0.15, 0.2) is 0 Å². The van der Waals surface area contributed by atoms with Gasteiger partial charge >= 0.3 is 0 Å². The second kappa shape index (κ2) is 9.15. The van der Waals surface area contributed by atoms with Gasteiger partial charge < -0.3 is 14.9 Å². The van der Waals surface area contributed by atoms with Crippen molar-refractivity contribution in [3.63, 3.8) is 0 Å². The van der Waals surface area contributed by atoms with Gasteiger partial charge in [-0.05, 0) is 24.3 Å². The third kappa shape index (κ3) is 8.90. The SMILES string of the molecule is OC(CCS)COCC(O)CCS. The van der Waals surface area contributed by atoms with E-state index in [0.29, 0.717) is 24.3 Å². The molecule has 0 spiro atoms. The van der Waals surface area contributed by atoms with Crippen molar-refractivity contribution in [1.82, 2.24) is 0 Å². The molecule has 0 aliphatic heterocycles. The van der Waals surface area contributed by atoms with E-state index in [1.807, 2.05) is 0 Å². The first-order valence-corrected chi connectivity index (χ1v) is 5.62. The molecule has 5 heteroatoms. The minimum atomic E-state index is -0.472. The molecule has 0 heterocycles. The van der Waals surface area contributed by atoms with Crippen molar-refractivity contribution in [2.24, 2.45) is 0 Å². The number of hydrogen-bond donors (Lipinski definition) is 4. The average Bonchev–Trinajstić information content (AvgIpc) is 2.05. The molecule has 0 saturated heterocycles. The Morgan fingerprint density at radius 2 is 1.31 bits per heavy atom. The molecule has 0 saturated carbocycles. The van der Waals surface area contributed by atoms with Crippen molar-refractivity contribution in [3.05, 3.63) is 0 Å². The van der Waals surface area contributed by atoms with Crippen molar-refractivity contribution < 1.29 is 14.9 Å². The smallest absolute Gasteiger partial charge is 0.0781 e. The predicted octanol–water partition coefficient (Wildman–Crippen LogP) is 0.365. The minimum absolute atomic E-state index is 0.268. The standard InChI is InChI=1S/C8H18O3S2/c9-7(1-3-12)5-11-6-8(10)2-4-13/h7-10,12-13H,1-6H2. The van der Waals surface area contributed by atoms with Gasteiger partial charge in [0, 0.05) is 0 Å². The fourth-order valence-electron chi connectivity index (χ4n) is 0.805. The highest BCUT2D eigenvalue weighted by Crippen LogP contribution is 1.98. The number of aliphatic hydroxyl groups is 2. The Kier molecular flexibility index (Phi) is 9.56. The van der Waals surface area contributed by atoms with Crippen molar-refractivity contribution in [2.75, 3.05) is 24.7 Å². The van der Waals surface area contributed by atoms with Gasteiger partial charge in [0.2, 0.25) is 0 Å². The number of aliphatic hydroxyl groups excluding tert-OH is 2. The molecular weight excluding hydrogens is 208 g/mol. The van der Waals surface area contributed by atoms with E-state index in [4.69, 9.17) is 4.74 Å². The summed E-state index contributed by atoms with van der Waals surface area (Å²) < 4.78 is 5.09. The van der Waals surface area contributed by atoms with E-state index in [2.05, 4.69) is 25.3 Å². The third-order valence-corrected chi connectivity index (χ3v) is 2.06. The van der Waals surface area contributed by atoms with E-state index in [1.54, 1.807) is 0 Å². The molecule has 0 aromatic rings. The monoisotopic (exact) mass is 226 g/mol. The summed E-state index contributed by atoms with van der Waals surface area (Å²) in [5.74, 6) is 1.29. The lowest BCUT2D eigenvalue weighted by atomic mass is 10.3. The van der Waals surface area contributed by atoms with E-state index in [0.717, 1.165) is 0 Å². The van der Waals surface area contributed by atoms with Crippen LogP contribution in [0.3, 0.4) is 0 Å². The Hall–Kier alpha value is 0.580. The fraction of sp³-hybridized carbons (Fsp3) is 1.00. The second-order valence-electron chi connectivity index (χ2n) is 2.87. The zero-order valence-corrected chi connectivity index (χ0v) is 9.38. The van der Waals surface area contributed by atoms with Gasteiger partial charge in [-0.2, -0.15) is 25.3 Å². The topological polar surface area (TPSA) is 49.7 Å². The van der Waals surface area contributed by atoms with Gasteiger partial charge in [0.05, 0.1) is 25.4 Å². The van der Waals surface area contributed by atoms with E-state index < -0.39 is 12.2 Å². The number of hydrogen-bond acceptors (Lipinski definition) is 5. The molecule has 80 valence electrons. The Morgan fingerprint density at radius 1 is 0.923 bits per heavy atom. The maximum atomic E-state index is 9.22. The van der Waals surface area contributed by atoms with Crippen LogP contribution >= 0.6 is 25.3 Å². The molecule has 0 fully saturated rings. The van der Waals surface area contributed by atoms with Crippen LogP contribution < -0.4 is 0 Å². The highest BCUT2D eigenvalue weighted by molar-refractivity contribution is 7.80. The normalized spacial score (nSPS) is 15.7. The lowest BCUT2D eigenvalue weighted by Gasteiger charge is -2.12. The van der Waals surface area contributed by atoms with Crippen LogP contribution in [0, 0.1) is 0 Å². The van der Waals surface area contributed by atoms with Crippen molar-refractivity contribution in [2.45, 2.75) is 25.0 Å². The summed E-state index contributed by atoms with van der Waals surface area (Å²) in [6, 6.07) is 0. The molecule has 0 amide bonds. The van der Waals surface area contributed by atoms with Crippen LogP contribution in [0.1, 0.15) is 12.8 Å². The summed E-state index contributed by atoms with van der Waals surface area (Å²) in [6.45, 7) is 0.536. The van der Waals surface area contributed by atoms with E-state index in [1.165, 1.54) is 0 Å². The van der Waals surface area contributed by atoms with E-state index >= 15 is 0 Å². The lowest BCUT2D eigenvalue weighted by molar-refractivity contribution is -0.00828. The number of ether oxygens (including phenoxy) is 1. The zero-order valence-electron chi connectivity index (χ0n) is 7.59. The molecular formula is C8H18O3S2. The van der Waals surface area contributed by atoms with Gasteiger partial charge in [-0.15, -0.1) is 0 Å². The maximum absolute atomic E-state index is 9.22. The summed E-state index contributed by atoms with van der Waals surface area (Å²) in [7, 11) is 0. The van der Waals surface area contributed by atoms with Crippen LogP contribution in [0.25, 0.3) is 0 Å². The van der Waals surface area contributed by atoms with Gasteiger partial charge in [0.25, 0.3) is 0 Å². The summed E-state index contributed by atoms with van der Waals surface area (Å²) >= 11 is 7.96. The van der Waals surface area contributed by atoms with Crippen molar-refractivity contribution in [1.29, 1.82) is 0 Å². The van der Waals surface area contributed by atoms with Crippen molar-refractivity contribution >= 4 is 25.3 Å². The number of thiol groups is 2. The van der Waals surface area contributed by atoms with E-state index in [-0.39, 0.29) is 13.2 Å². The fourth-order valence-corrected chi connectivity index (χ4v) is 1.40. The Balaban J connectivity index is 3.23. The summed E-state index contributed by atoms with van der Waals surface area (Å²) in [5, 5.41) is 18.4. The Labute approximate surface area is 90.3 Å². The molecule has 13 heavy (non-hydrogen) atoms. The van der Waals surface area contributed by atoms with Crippen LogP contribution in [0.2, 0.25) is 0 Å². The van der Waals surface area contributed by atoms with E-state index in [9.17, 15) is 10.2 Å². The largest absolute Gasteiger partial charge is 0.391 e.